The third-order valence-electron chi connectivity index (χ3n) is 4.96. The van der Waals surface area contributed by atoms with Crippen molar-refractivity contribution in [2.24, 2.45) is 0 Å². The lowest BCUT2D eigenvalue weighted by atomic mass is 10.1. The summed E-state index contributed by atoms with van der Waals surface area (Å²) in [5.74, 6) is 0.790. The molecule has 1 aliphatic heterocycles. The van der Waals surface area contributed by atoms with Gasteiger partial charge in [0.2, 0.25) is 0 Å². The molecule has 26 heavy (non-hydrogen) atoms. The highest BCUT2D eigenvalue weighted by atomic mass is 16.5. The largest absolute Gasteiger partial charge is 0.491 e. The van der Waals surface area contributed by atoms with Crippen molar-refractivity contribution in [1.82, 2.24) is 5.32 Å². The number of carbonyl (C=O) groups excluding carboxylic acids is 1. The Kier molecular flexibility index (Phi) is 5.07. The molecule has 0 aromatic heterocycles. The minimum absolute atomic E-state index is 0.154. The minimum Gasteiger partial charge on any atom is -0.491 e. The molecule has 1 heterocycles. The van der Waals surface area contributed by atoms with Gasteiger partial charge >= 0.3 is 6.03 Å². The molecule has 2 aromatic carbocycles. The summed E-state index contributed by atoms with van der Waals surface area (Å²) in [6.45, 7) is 1.41. The Labute approximate surface area is 153 Å². The average molecular weight is 352 g/mol. The van der Waals surface area contributed by atoms with Crippen LogP contribution < -0.4 is 15.4 Å². The fraction of sp³-hybridized carbons (Fsp3) is 0.381. The number of anilines is 1. The highest BCUT2D eigenvalue weighted by Gasteiger charge is 2.22. The number of fused-ring (bicyclic) bond motifs is 1. The Morgan fingerprint density at radius 1 is 1.08 bits per heavy atom. The molecule has 136 valence electrons. The summed E-state index contributed by atoms with van der Waals surface area (Å²) in [5.41, 5.74) is 3.40. The van der Waals surface area contributed by atoms with Gasteiger partial charge in [-0.15, -0.1) is 0 Å². The Bertz CT molecular complexity index is 729. The fourth-order valence-corrected chi connectivity index (χ4v) is 3.61. The maximum absolute atomic E-state index is 12.2. The van der Waals surface area contributed by atoms with Crippen molar-refractivity contribution < 1.29 is 14.3 Å². The zero-order valence-corrected chi connectivity index (χ0v) is 14.7. The third kappa shape index (κ3) is 4.17. The molecular formula is C21H24N2O3. The molecule has 2 amide bonds. The topological polar surface area (TPSA) is 59.6 Å². The second-order valence-corrected chi connectivity index (χ2v) is 6.94. The quantitative estimate of drug-likeness (QED) is 0.865. The molecule has 1 atom stereocenters. The second-order valence-electron chi connectivity index (χ2n) is 6.94. The van der Waals surface area contributed by atoms with Crippen molar-refractivity contribution in [3.8, 4) is 5.75 Å². The van der Waals surface area contributed by atoms with E-state index in [1.54, 1.807) is 0 Å². The van der Waals surface area contributed by atoms with Crippen LogP contribution in [0.5, 0.6) is 5.75 Å². The summed E-state index contributed by atoms with van der Waals surface area (Å²) in [4.78, 5) is 12.2. The lowest BCUT2D eigenvalue weighted by molar-refractivity contribution is 0.0679. The fourth-order valence-electron chi connectivity index (χ4n) is 3.61. The molecule has 2 aromatic rings. The highest BCUT2D eigenvalue weighted by Crippen LogP contribution is 2.22. The SMILES string of the molecule is O=C(Nc1ccc(OC[C@@H]2CCCO2)cc1)NC1Cc2ccccc2C1. The van der Waals surface area contributed by atoms with Gasteiger partial charge < -0.3 is 20.1 Å². The van der Waals surface area contributed by atoms with Crippen molar-refractivity contribution >= 4 is 11.7 Å². The van der Waals surface area contributed by atoms with Crippen molar-refractivity contribution in [2.45, 2.75) is 37.8 Å². The van der Waals surface area contributed by atoms with Gasteiger partial charge in [-0.3, -0.25) is 0 Å². The zero-order valence-electron chi connectivity index (χ0n) is 14.7. The number of nitrogens with one attached hydrogen (secondary N) is 2. The van der Waals surface area contributed by atoms with Gasteiger partial charge in [0.1, 0.15) is 12.4 Å². The lowest BCUT2D eigenvalue weighted by Crippen LogP contribution is -2.38. The molecule has 0 unspecified atom stereocenters. The number of hydrogen-bond donors (Lipinski definition) is 2. The predicted molar refractivity (Wildman–Crippen MR) is 101 cm³/mol. The number of ether oxygens (including phenoxy) is 2. The average Bonchev–Trinajstić information content (AvgIpc) is 3.30. The van der Waals surface area contributed by atoms with E-state index in [0.29, 0.717) is 6.61 Å². The third-order valence-corrected chi connectivity index (χ3v) is 4.96. The van der Waals surface area contributed by atoms with Crippen molar-refractivity contribution in [3.63, 3.8) is 0 Å². The van der Waals surface area contributed by atoms with Crippen LogP contribution >= 0.6 is 0 Å². The number of hydrogen-bond acceptors (Lipinski definition) is 3. The summed E-state index contributed by atoms with van der Waals surface area (Å²) in [6, 6.07) is 15.8. The lowest BCUT2D eigenvalue weighted by Gasteiger charge is -2.14. The van der Waals surface area contributed by atoms with Gasteiger partial charge in [0.15, 0.2) is 0 Å². The summed E-state index contributed by atoms with van der Waals surface area (Å²) in [5, 5.41) is 5.94. The zero-order chi connectivity index (χ0) is 17.8. The Balaban J connectivity index is 1.24. The number of urea groups is 1. The van der Waals surface area contributed by atoms with Crippen molar-refractivity contribution in [2.75, 3.05) is 18.5 Å². The normalized spacial score (nSPS) is 19.2. The van der Waals surface area contributed by atoms with Gasteiger partial charge in [0.25, 0.3) is 0 Å². The van der Waals surface area contributed by atoms with Crippen LogP contribution in [0.25, 0.3) is 0 Å². The molecule has 1 saturated heterocycles. The molecule has 0 bridgehead atoms. The van der Waals surface area contributed by atoms with Crippen LogP contribution in [-0.4, -0.2) is 31.4 Å². The molecular weight excluding hydrogens is 328 g/mol. The molecule has 1 aliphatic carbocycles. The first-order valence-corrected chi connectivity index (χ1v) is 9.25. The summed E-state index contributed by atoms with van der Waals surface area (Å²) in [7, 11) is 0. The van der Waals surface area contributed by atoms with E-state index in [1.165, 1.54) is 11.1 Å². The first-order valence-electron chi connectivity index (χ1n) is 9.25. The van der Waals surface area contributed by atoms with Gasteiger partial charge in [0, 0.05) is 18.3 Å². The van der Waals surface area contributed by atoms with Crippen LogP contribution in [-0.2, 0) is 17.6 Å². The van der Waals surface area contributed by atoms with E-state index in [0.717, 1.165) is 43.7 Å². The molecule has 4 rings (SSSR count). The number of benzene rings is 2. The number of rotatable bonds is 5. The van der Waals surface area contributed by atoms with Crippen molar-refractivity contribution in [3.05, 3.63) is 59.7 Å². The Morgan fingerprint density at radius 2 is 1.81 bits per heavy atom. The second kappa shape index (κ2) is 7.79. The minimum atomic E-state index is -0.171. The van der Waals surface area contributed by atoms with E-state index in [9.17, 15) is 4.79 Å². The standard InChI is InChI=1S/C21H24N2O3/c24-21(23-18-12-15-4-1-2-5-16(15)13-18)22-17-7-9-19(10-8-17)26-14-20-6-3-11-25-20/h1-2,4-5,7-10,18,20H,3,6,11-14H2,(H2,22,23,24)/t20-/m0/s1. The van der Waals surface area contributed by atoms with Crippen LogP contribution in [0.15, 0.2) is 48.5 Å². The molecule has 0 radical (unpaired) electrons. The molecule has 2 aliphatic rings. The van der Waals surface area contributed by atoms with E-state index in [-0.39, 0.29) is 18.2 Å². The van der Waals surface area contributed by atoms with Gasteiger partial charge in [-0.1, -0.05) is 24.3 Å². The molecule has 0 spiro atoms. The van der Waals surface area contributed by atoms with Crippen LogP contribution in [0.3, 0.4) is 0 Å². The van der Waals surface area contributed by atoms with E-state index >= 15 is 0 Å². The van der Waals surface area contributed by atoms with Gasteiger partial charge in [-0.25, -0.2) is 4.79 Å². The van der Waals surface area contributed by atoms with Gasteiger partial charge in [-0.05, 0) is 61.1 Å². The number of amides is 2. The van der Waals surface area contributed by atoms with E-state index in [4.69, 9.17) is 9.47 Å². The molecule has 5 nitrogen and oxygen atoms in total. The summed E-state index contributed by atoms with van der Waals surface area (Å²) in [6.07, 6.45) is 4.15. The van der Waals surface area contributed by atoms with Crippen molar-refractivity contribution in [1.29, 1.82) is 0 Å². The van der Waals surface area contributed by atoms with Crippen LogP contribution in [0.2, 0.25) is 0 Å². The monoisotopic (exact) mass is 352 g/mol. The summed E-state index contributed by atoms with van der Waals surface area (Å²) >= 11 is 0. The van der Waals surface area contributed by atoms with E-state index in [1.807, 2.05) is 36.4 Å². The molecule has 0 saturated carbocycles. The van der Waals surface area contributed by atoms with Crippen LogP contribution in [0.1, 0.15) is 24.0 Å². The Morgan fingerprint density at radius 3 is 2.46 bits per heavy atom. The molecule has 1 fully saturated rings. The molecule has 5 heteroatoms. The van der Waals surface area contributed by atoms with Gasteiger partial charge in [-0.2, -0.15) is 0 Å². The first-order chi connectivity index (χ1) is 12.8. The first kappa shape index (κ1) is 16.9. The smallest absolute Gasteiger partial charge is 0.319 e. The summed E-state index contributed by atoms with van der Waals surface area (Å²) < 4.78 is 11.3. The van der Waals surface area contributed by atoms with Crippen LogP contribution in [0.4, 0.5) is 10.5 Å². The highest BCUT2D eigenvalue weighted by molar-refractivity contribution is 5.89. The van der Waals surface area contributed by atoms with E-state index < -0.39 is 0 Å². The van der Waals surface area contributed by atoms with Crippen LogP contribution in [0, 0.1) is 0 Å². The predicted octanol–water partition coefficient (Wildman–Crippen LogP) is 3.53. The Hall–Kier alpha value is -2.53. The number of carbonyl (C=O) groups is 1. The van der Waals surface area contributed by atoms with E-state index in [2.05, 4.69) is 22.8 Å². The maximum atomic E-state index is 12.2. The molecule has 2 N–H and O–H groups in total. The maximum Gasteiger partial charge on any atom is 0.319 e. The van der Waals surface area contributed by atoms with Gasteiger partial charge in [0.05, 0.1) is 6.10 Å².